The SMILES string of the molecule is CN(Cc1nnc2c(n1)c(=O)n(C)c(=O)n2C)C(=O)CCN. The second-order valence-electron chi connectivity index (χ2n) is 4.89. The molecule has 0 bridgehead atoms. The van der Waals surface area contributed by atoms with Crippen LogP contribution in [0.25, 0.3) is 11.2 Å². The van der Waals surface area contributed by atoms with Crippen LogP contribution in [0.15, 0.2) is 9.59 Å². The van der Waals surface area contributed by atoms with E-state index in [1.54, 1.807) is 7.05 Å². The number of fused-ring (bicyclic) bond motifs is 1. The van der Waals surface area contributed by atoms with Crippen LogP contribution < -0.4 is 17.0 Å². The van der Waals surface area contributed by atoms with Crippen molar-refractivity contribution in [3.05, 3.63) is 26.7 Å². The van der Waals surface area contributed by atoms with Gasteiger partial charge in [-0.25, -0.2) is 9.78 Å². The minimum Gasteiger partial charge on any atom is -0.338 e. The van der Waals surface area contributed by atoms with Gasteiger partial charge in [0.25, 0.3) is 5.56 Å². The molecule has 22 heavy (non-hydrogen) atoms. The normalized spacial score (nSPS) is 10.9. The summed E-state index contributed by atoms with van der Waals surface area (Å²) in [5, 5.41) is 7.74. The van der Waals surface area contributed by atoms with E-state index in [2.05, 4.69) is 15.2 Å². The predicted octanol–water partition coefficient (Wildman–Crippen LogP) is -2.27. The Labute approximate surface area is 125 Å². The van der Waals surface area contributed by atoms with E-state index in [9.17, 15) is 14.4 Å². The third kappa shape index (κ3) is 2.72. The zero-order valence-corrected chi connectivity index (χ0v) is 12.6. The van der Waals surface area contributed by atoms with Crippen molar-refractivity contribution in [2.75, 3.05) is 13.6 Å². The third-order valence-electron chi connectivity index (χ3n) is 3.27. The lowest BCUT2D eigenvalue weighted by atomic mass is 10.3. The average Bonchev–Trinajstić information content (AvgIpc) is 2.51. The van der Waals surface area contributed by atoms with E-state index in [1.165, 1.54) is 23.6 Å². The summed E-state index contributed by atoms with van der Waals surface area (Å²) < 4.78 is 2.15. The maximum Gasteiger partial charge on any atom is 0.332 e. The molecule has 2 N–H and O–H groups in total. The number of carbonyl (C=O) groups is 1. The van der Waals surface area contributed by atoms with Gasteiger partial charge in [0.05, 0.1) is 6.54 Å². The van der Waals surface area contributed by atoms with Crippen LogP contribution in [0.3, 0.4) is 0 Å². The average molecular weight is 307 g/mol. The van der Waals surface area contributed by atoms with Gasteiger partial charge in [-0.2, -0.15) is 0 Å². The molecule has 10 nitrogen and oxygen atoms in total. The Morgan fingerprint density at radius 1 is 1.23 bits per heavy atom. The lowest BCUT2D eigenvalue weighted by Gasteiger charge is -2.15. The molecule has 2 aromatic rings. The molecule has 0 aliphatic rings. The van der Waals surface area contributed by atoms with Crippen molar-refractivity contribution in [1.29, 1.82) is 0 Å². The second-order valence-corrected chi connectivity index (χ2v) is 4.89. The van der Waals surface area contributed by atoms with E-state index >= 15 is 0 Å². The van der Waals surface area contributed by atoms with E-state index in [1.807, 2.05) is 0 Å². The van der Waals surface area contributed by atoms with Crippen molar-refractivity contribution in [3.63, 3.8) is 0 Å². The van der Waals surface area contributed by atoms with Gasteiger partial charge in [-0.05, 0) is 0 Å². The number of hydrogen-bond donors (Lipinski definition) is 1. The topological polar surface area (TPSA) is 129 Å². The van der Waals surface area contributed by atoms with Gasteiger partial charge in [-0.15, -0.1) is 10.2 Å². The van der Waals surface area contributed by atoms with Crippen molar-refractivity contribution < 1.29 is 4.79 Å². The van der Waals surface area contributed by atoms with Crippen LogP contribution in [0.1, 0.15) is 12.2 Å². The molecule has 0 saturated carbocycles. The minimum absolute atomic E-state index is 0.0364. The summed E-state index contributed by atoms with van der Waals surface area (Å²) in [6.07, 6.45) is 0.216. The number of nitrogens with zero attached hydrogens (tertiary/aromatic N) is 6. The number of carbonyl (C=O) groups excluding carboxylic acids is 1. The largest absolute Gasteiger partial charge is 0.338 e. The second kappa shape index (κ2) is 6.02. The molecule has 0 atom stereocenters. The molecule has 0 fully saturated rings. The number of rotatable bonds is 4. The molecule has 0 aliphatic carbocycles. The van der Waals surface area contributed by atoms with Crippen LogP contribution in [0.5, 0.6) is 0 Å². The number of hydrogen-bond acceptors (Lipinski definition) is 7. The molecule has 10 heteroatoms. The molecule has 118 valence electrons. The summed E-state index contributed by atoms with van der Waals surface area (Å²) >= 11 is 0. The Morgan fingerprint density at radius 2 is 1.91 bits per heavy atom. The zero-order chi connectivity index (χ0) is 16.4. The molecule has 2 rings (SSSR count). The first kappa shape index (κ1) is 15.8. The smallest absolute Gasteiger partial charge is 0.332 e. The van der Waals surface area contributed by atoms with Crippen LogP contribution in [0, 0.1) is 0 Å². The van der Waals surface area contributed by atoms with E-state index in [4.69, 9.17) is 5.73 Å². The first-order chi connectivity index (χ1) is 10.4. The summed E-state index contributed by atoms with van der Waals surface area (Å²) in [6.45, 7) is 0.358. The third-order valence-corrected chi connectivity index (χ3v) is 3.27. The Kier molecular flexibility index (Phi) is 4.31. The minimum atomic E-state index is -0.551. The van der Waals surface area contributed by atoms with Crippen molar-refractivity contribution >= 4 is 17.1 Å². The molecular weight excluding hydrogens is 290 g/mol. The Morgan fingerprint density at radius 3 is 2.55 bits per heavy atom. The van der Waals surface area contributed by atoms with Gasteiger partial charge in [-0.3, -0.25) is 18.7 Å². The van der Waals surface area contributed by atoms with E-state index < -0.39 is 11.2 Å². The first-order valence-corrected chi connectivity index (χ1v) is 6.60. The monoisotopic (exact) mass is 307 g/mol. The summed E-state index contributed by atoms with van der Waals surface area (Å²) in [5.74, 6) is 0.0654. The lowest BCUT2D eigenvalue weighted by Crippen LogP contribution is -2.38. The fourth-order valence-electron chi connectivity index (χ4n) is 1.97. The molecule has 1 amide bonds. The van der Waals surface area contributed by atoms with Gasteiger partial charge in [0.15, 0.2) is 17.0 Å². The number of nitrogens with two attached hydrogens (primary N) is 1. The highest BCUT2D eigenvalue weighted by molar-refractivity contribution is 5.76. The standard InChI is InChI=1S/C12H17N7O3/c1-17(8(20)4-5-13)6-7-14-9-10(16-15-7)18(2)12(22)19(3)11(9)21/h4-6,13H2,1-3H3. The summed E-state index contributed by atoms with van der Waals surface area (Å²) in [6, 6.07) is 0. The molecule has 0 saturated heterocycles. The van der Waals surface area contributed by atoms with E-state index in [0.717, 1.165) is 4.57 Å². The summed E-state index contributed by atoms with van der Waals surface area (Å²) in [5.41, 5.74) is 4.42. The Bertz CT molecular complexity index is 839. The van der Waals surface area contributed by atoms with Crippen LogP contribution in [0.4, 0.5) is 0 Å². The molecular formula is C12H17N7O3. The van der Waals surface area contributed by atoms with Crippen molar-refractivity contribution in [3.8, 4) is 0 Å². The van der Waals surface area contributed by atoms with Gasteiger partial charge in [0.1, 0.15) is 0 Å². The maximum atomic E-state index is 12.1. The molecule has 2 aromatic heterocycles. The van der Waals surface area contributed by atoms with Crippen LogP contribution in [-0.2, 0) is 25.4 Å². The van der Waals surface area contributed by atoms with Crippen LogP contribution in [-0.4, -0.2) is 48.7 Å². The first-order valence-electron chi connectivity index (χ1n) is 6.60. The van der Waals surface area contributed by atoms with Crippen LogP contribution in [0.2, 0.25) is 0 Å². The fourth-order valence-corrected chi connectivity index (χ4v) is 1.97. The van der Waals surface area contributed by atoms with Crippen molar-refractivity contribution in [2.24, 2.45) is 19.8 Å². The highest BCUT2D eigenvalue weighted by atomic mass is 16.2. The van der Waals surface area contributed by atoms with Gasteiger partial charge < -0.3 is 10.6 Å². The summed E-state index contributed by atoms with van der Waals surface area (Å²) in [4.78, 5) is 41.1. The fraction of sp³-hybridized carbons (Fsp3) is 0.500. The molecule has 0 aromatic carbocycles. The van der Waals surface area contributed by atoms with Gasteiger partial charge in [0.2, 0.25) is 5.91 Å². The number of aromatic nitrogens is 5. The zero-order valence-electron chi connectivity index (χ0n) is 12.6. The van der Waals surface area contributed by atoms with Crippen molar-refractivity contribution in [2.45, 2.75) is 13.0 Å². The highest BCUT2D eigenvalue weighted by Gasteiger charge is 2.15. The Balaban J connectivity index is 2.45. The summed E-state index contributed by atoms with van der Waals surface area (Å²) in [7, 11) is 4.43. The quantitative estimate of drug-likeness (QED) is 0.674. The lowest BCUT2D eigenvalue weighted by molar-refractivity contribution is -0.130. The van der Waals surface area contributed by atoms with Crippen molar-refractivity contribution in [1.82, 2.24) is 29.2 Å². The maximum absolute atomic E-state index is 12.1. The molecule has 0 unspecified atom stereocenters. The molecule has 2 heterocycles. The molecule has 0 radical (unpaired) electrons. The highest BCUT2D eigenvalue weighted by Crippen LogP contribution is 2.02. The van der Waals surface area contributed by atoms with Crippen LogP contribution >= 0.6 is 0 Å². The molecule has 0 spiro atoms. The van der Waals surface area contributed by atoms with E-state index in [-0.39, 0.29) is 42.4 Å². The van der Waals surface area contributed by atoms with E-state index in [0.29, 0.717) is 0 Å². The number of aryl methyl sites for hydroxylation is 1. The Hall–Kier alpha value is -2.62. The molecule has 0 aliphatic heterocycles. The number of amides is 1. The van der Waals surface area contributed by atoms with Gasteiger partial charge in [-0.1, -0.05) is 0 Å². The van der Waals surface area contributed by atoms with Gasteiger partial charge >= 0.3 is 5.69 Å². The predicted molar refractivity (Wildman–Crippen MR) is 78.0 cm³/mol. The van der Waals surface area contributed by atoms with Gasteiger partial charge in [0, 0.05) is 34.1 Å².